The summed E-state index contributed by atoms with van der Waals surface area (Å²) in [6, 6.07) is 74.7. The lowest BCUT2D eigenvalue weighted by Crippen LogP contribution is -2.11. The highest BCUT2D eigenvalue weighted by Gasteiger charge is 2.21. The molecular formula is C61H48N2S. The molecule has 0 saturated carbocycles. The molecule has 0 unspecified atom stereocenters. The minimum Gasteiger partial charge on any atom is -0.310 e. The predicted octanol–water partition coefficient (Wildman–Crippen LogP) is 18.2. The first-order valence-corrected chi connectivity index (χ1v) is 23.2. The summed E-state index contributed by atoms with van der Waals surface area (Å²) in [4.78, 5) is 2.44. The van der Waals surface area contributed by atoms with Crippen molar-refractivity contribution in [2.45, 2.75) is 34.6 Å². The molecule has 0 spiro atoms. The first-order chi connectivity index (χ1) is 31.4. The van der Waals surface area contributed by atoms with Gasteiger partial charge < -0.3 is 9.47 Å². The zero-order valence-electron chi connectivity index (χ0n) is 36.9. The second-order valence-corrected chi connectivity index (χ2v) is 17.9. The van der Waals surface area contributed by atoms with Crippen molar-refractivity contribution in [2.24, 2.45) is 0 Å². The number of aryl methyl sites for hydroxylation is 3. The number of para-hydroxylation sites is 1. The van der Waals surface area contributed by atoms with Gasteiger partial charge in [0.2, 0.25) is 0 Å². The van der Waals surface area contributed by atoms with Gasteiger partial charge in [0.1, 0.15) is 0 Å². The average Bonchev–Trinajstić information content (AvgIpc) is 3.87. The van der Waals surface area contributed by atoms with Crippen LogP contribution in [0.3, 0.4) is 0 Å². The normalized spacial score (nSPS) is 11.5. The topological polar surface area (TPSA) is 8.17 Å². The molecule has 0 N–H and O–H groups in total. The van der Waals surface area contributed by atoms with E-state index in [0.29, 0.717) is 0 Å². The van der Waals surface area contributed by atoms with Gasteiger partial charge in [0.05, 0.1) is 11.0 Å². The molecule has 10 aromatic carbocycles. The maximum absolute atomic E-state index is 2.45. The number of benzene rings is 10. The average molecular weight is 841 g/mol. The van der Waals surface area contributed by atoms with Gasteiger partial charge in [0.25, 0.3) is 0 Å². The van der Waals surface area contributed by atoms with Crippen LogP contribution in [0, 0.1) is 20.8 Å². The second-order valence-electron chi connectivity index (χ2n) is 16.8. The van der Waals surface area contributed by atoms with E-state index < -0.39 is 0 Å². The molecule has 0 bridgehead atoms. The van der Waals surface area contributed by atoms with Crippen LogP contribution in [0.15, 0.2) is 200 Å². The molecule has 0 saturated heterocycles. The van der Waals surface area contributed by atoms with Crippen LogP contribution in [0.1, 0.15) is 30.5 Å². The van der Waals surface area contributed by atoms with Crippen molar-refractivity contribution in [3.63, 3.8) is 0 Å². The van der Waals surface area contributed by atoms with E-state index >= 15 is 0 Å². The van der Waals surface area contributed by atoms with Crippen LogP contribution in [0.5, 0.6) is 0 Å². The fourth-order valence-corrected chi connectivity index (χ4v) is 11.0. The lowest BCUT2D eigenvalue weighted by molar-refractivity contribution is 1.18. The number of nitrogens with zero attached hydrogens (tertiary/aromatic N) is 2. The van der Waals surface area contributed by atoms with Crippen molar-refractivity contribution in [2.75, 3.05) is 4.90 Å². The van der Waals surface area contributed by atoms with E-state index in [1.54, 1.807) is 0 Å². The third kappa shape index (κ3) is 6.72. The Hall–Kier alpha value is -7.46. The third-order valence-electron chi connectivity index (χ3n) is 12.6. The van der Waals surface area contributed by atoms with Gasteiger partial charge in [-0.3, -0.25) is 0 Å². The van der Waals surface area contributed by atoms with Crippen molar-refractivity contribution in [1.29, 1.82) is 0 Å². The van der Waals surface area contributed by atoms with Crippen LogP contribution in [0.25, 0.3) is 91.5 Å². The number of hydrogen-bond donors (Lipinski definition) is 0. The van der Waals surface area contributed by atoms with E-state index in [2.05, 4.69) is 230 Å². The number of aromatic nitrogens is 1. The Balaban J connectivity index is 0.00000225. The highest BCUT2D eigenvalue weighted by molar-refractivity contribution is 7.26. The summed E-state index contributed by atoms with van der Waals surface area (Å²) in [6.45, 7) is 10.6. The van der Waals surface area contributed by atoms with E-state index in [1.807, 2.05) is 25.2 Å². The summed E-state index contributed by atoms with van der Waals surface area (Å²) in [6.07, 6.45) is 0. The standard InChI is InChI=1S/C59H42N2S.C2H6/c1-37-21-24-46(25-22-37)60(47-28-38(2)27-39(3)29-47)48-31-43(30-44(32-48)53-36-55-51-18-11-12-20-58(51)62-59(55)52-19-10-9-17-49(52)53)42-23-26-50-54-33-40-13-7-8-14-41(40)34-57(54)61(56(50)35-42)45-15-5-4-6-16-45;1-2/h4-36H,1-3H3;1-2H3. The zero-order valence-corrected chi connectivity index (χ0v) is 37.7. The fourth-order valence-electron chi connectivity index (χ4n) is 9.81. The molecule has 0 aliphatic rings. The predicted molar refractivity (Wildman–Crippen MR) is 280 cm³/mol. The molecule has 0 amide bonds. The molecule has 3 heteroatoms. The van der Waals surface area contributed by atoms with Crippen LogP contribution in [0.4, 0.5) is 17.1 Å². The van der Waals surface area contributed by atoms with Crippen molar-refractivity contribution < 1.29 is 0 Å². The van der Waals surface area contributed by atoms with Gasteiger partial charge in [-0.25, -0.2) is 0 Å². The summed E-state index contributed by atoms with van der Waals surface area (Å²) in [5.74, 6) is 0. The van der Waals surface area contributed by atoms with Gasteiger partial charge in [-0.05, 0) is 155 Å². The molecule has 2 aromatic heterocycles. The Kier molecular flexibility index (Phi) is 9.86. The van der Waals surface area contributed by atoms with Gasteiger partial charge in [0.15, 0.2) is 0 Å². The lowest BCUT2D eigenvalue weighted by Gasteiger charge is -2.28. The summed E-state index contributed by atoms with van der Waals surface area (Å²) >= 11 is 1.89. The van der Waals surface area contributed by atoms with Crippen LogP contribution < -0.4 is 4.90 Å². The molecule has 0 fully saturated rings. The summed E-state index contributed by atoms with van der Waals surface area (Å²) < 4.78 is 5.10. The van der Waals surface area contributed by atoms with Gasteiger partial charge in [0, 0.05) is 59.1 Å². The molecule has 0 radical (unpaired) electrons. The summed E-state index contributed by atoms with van der Waals surface area (Å²) in [5, 5.41) is 10.1. The molecule has 2 nitrogen and oxygen atoms in total. The molecule has 308 valence electrons. The SMILES string of the molecule is CC.Cc1ccc(N(c2cc(C)cc(C)c2)c2cc(-c3ccc4c5cc6ccccc6cc5n(-c5ccccc5)c4c3)cc(-c3cc4c5ccccc5sc4c4ccccc34)c2)cc1. The molecule has 0 aliphatic heterocycles. The quantitative estimate of drug-likeness (QED) is 0.162. The molecule has 0 aliphatic carbocycles. The molecule has 64 heavy (non-hydrogen) atoms. The molecule has 12 aromatic rings. The number of thiophene rings is 1. The van der Waals surface area contributed by atoms with Crippen molar-refractivity contribution >= 4 is 91.9 Å². The van der Waals surface area contributed by atoms with E-state index in [9.17, 15) is 0 Å². The minimum atomic E-state index is 1.11. The van der Waals surface area contributed by atoms with Crippen LogP contribution in [0.2, 0.25) is 0 Å². The lowest BCUT2D eigenvalue weighted by atomic mass is 9.92. The van der Waals surface area contributed by atoms with Crippen LogP contribution >= 0.6 is 11.3 Å². The van der Waals surface area contributed by atoms with Gasteiger partial charge in [-0.15, -0.1) is 11.3 Å². The maximum Gasteiger partial charge on any atom is 0.0547 e. The highest BCUT2D eigenvalue weighted by Crippen LogP contribution is 2.46. The maximum atomic E-state index is 2.45. The second kappa shape index (κ2) is 16.0. The Bertz CT molecular complexity index is 3700. The van der Waals surface area contributed by atoms with Crippen molar-refractivity contribution in [3.05, 3.63) is 217 Å². The highest BCUT2D eigenvalue weighted by atomic mass is 32.1. The van der Waals surface area contributed by atoms with Crippen molar-refractivity contribution in [3.8, 4) is 27.9 Å². The fraction of sp³-hybridized carbons (Fsp3) is 0.0820. The number of fused-ring (bicyclic) bond motifs is 9. The van der Waals surface area contributed by atoms with Crippen LogP contribution in [-0.4, -0.2) is 4.57 Å². The van der Waals surface area contributed by atoms with Gasteiger partial charge in [-0.1, -0.05) is 135 Å². The molecule has 2 heterocycles. The Labute approximate surface area is 378 Å². The smallest absolute Gasteiger partial charge is 0.0547 e. The van der Waals surface area contributed by atoms with E-state index in [-0.39, 0.29) is 0 Å². The van der Waals surface area contributed by atoms with E-state index in [1.165, 1.54) is 96.9 Å². The number of hydrogen-bond acceptors (Lipinski definition) is 2. The monoisotopic (exact) mass is 840 g/mol. The largest absolute Gasteiger partial charge is 0.310 e. The van der Waals surface area contributed by atoms with Crippen molar-refractivity contribution in [1.82, 2.24) is 4.57 Å². The Morgan fingerprint density at radius 2 is 1.00 bits per heavy atom. The Morgan fingerprint density at radius 1 is 0.375 bits per heavy atom. The Morgan fingerprint density at radius 3 is 1.77 bits per heavy atom. The van der Waals surface area contributed by atoms with Gasteiger partial charge >= 0.3 is 0 Å². The third-order valence-corrected chi connectivity index (χ3v) is 13.8. The van der Waals surface area contributed by atoms with Gasteiger partial charge in [-0.2, -0.15) is 0 Å². The molecular weight excluding hydrogens is 793 g/mol. The molecule has 0 atom stereocenters. The summed E-state index contributed by atoms with van der Waals surface area (Å²) in [5.41, 5.74) is 15.4. The number of rotatable bonds is 6. The summed E-state index contributed by atoms with van der Waals surface area (Å²) in [7, 11) is 0. The zero-order chi connectivity index (χ0) is 43.5. The first kappa shape index (κ1) is 39.4. The first-order valence-electron chi connectivity index (χ1n) is 22.4. The minimum absolute atomic E-state index is 1.11. The molecule has 12 rings (SSSR count). The van der Waals surface area contributed by atoms with Crippen LogP contribution in [-0.2, 0) is 0 Å². The van der Waals surface area contributed by atoms with E-state index in [0.717, 1.165) is 28.3 Å². The number of anilines is 3. The van der Waals surface area contributed by atoms with E-state index in [4.69, 9.17) is 0 Å².